The van der Waals surface area contributed by atoms with E-state index in [2.05, 4.69) is 34.5 Å². The monoisotopic (exact) mass is 404 g/mol. The fourth-order valence-electron chi connectivity index (χ4n) is 4.39. The van der Waals surface area contributed by atoms with Crippen LogP contribution in [0.3, 0.4) is 0 Å². The summed E-state index contributed by atoms with van der Waals surface area (Å²) in [5.41, 5.74) is 3.80. The van der Waals surface area contributed by atoms with Crippen molar-refractivity contribution < 1.29 is 9.32 Å². The number of fused-ring (bicyclic) bond motifs is 1. The summed E-state index contributed by atoms with van der Waals surface area (Å²) in [6.07, 6.45) is 7.47. The molecule has 0 aliphatic heterocycles. The molecule has 1 atom stereocenters. The van der Waals surface area contributed by atoms with Gasteiger partial charge in [-0.25, -0.2) is 0 Å². The van der Waals surface area contributed by atoms with Gasteiger partial charge in [-0.3, -0.25) is 4.79 Å². The first-order valence-electron chi connectivity index (χ1n) is 11.0. The van der Waals surface area contributed by atoms with Crippen molar-refractivity contribution in [2.45, 2.75) is 57.5 Å². The van der Waals surface area contributed by atoms with Crippen LogP contribution in [0.5, 0.6) is 0 Å². The van der Waals surface area contributed by atoms with Gasteiger partial charge in [-0.2, -0.15) is 0 Å². The summed E-state index contributed by atoms with van der Waals surface area (Å²) in [6.45, 7) is 3.41. The fourth-order valence-corrected chi connectivity index (χ4v) is 4.39. The number of carbonyl (C=O) groups is 1. The second kappa shape index (κ2) is 8.01. The summed E-state index contributed by atoms with van der Waals surface area (Å²) in [5.74, 6) is 1.67. The lowest BCUT2D eigenvalue weighted by molar-refractivity contribution is 0.0669. The Morgan fingerprint density at radius 2 is 2.13 bits per heavy atom. The minimum Gasteiger partial charge on any atom is -0.383 e. The summed E-state index contributed by atoms with van der Waals surface area (Å²) < 4.78 is 5.44. The number of aromatic amines is 1. The average molecular weight is 405 g/mol. The van der Waals surface area contributed by atoms with Gasteiger partial charge in [-0.05, 0) is 44.7 Å². The van der Waals surface area contributed by atoms with E-state index >= 15 is 0 Å². The predicted molar refractivity (Wildman–Crippen MR) is 116 cm³/mol. The minimum absolute atomic E-state index is 0.0746. The van der Waals surface area contributed by atoms with Gasteiger partial charge in [-0.15, -0.1) is 0 Å². The summed E-state index contributed by atoms with van der Waals surface area (Å²) >= 11 is 0. The number of hydrogen-bond acceptors (Lipinski definition) is 4. The van der Waals surface area contributed by atoms with Crippen LogP contribution in [0.25, 0.3) is 10.9 Å². The Morgan fingerprint density at radius 3 is 2.93 bits per heavy atom. The molecule has 156 valence electrons. The third-order valence-electron chi connectivity index (χ3n) is 6.20. The van der Waals surface area contributed by atoms with Crippen LogP contribution in [0.1, 0.15) is 66.9 Å². The number of rotatable bonds is 7. The highest BCUT2D eigenvalue weighted by Crippen LogP contribution is 2.40. The molecular weight excluding hydrogens is 376 g/mol. The molecule has 0 saturated heterocycles. The molecule has 2 heterocycles. The average Bonchev–Trinajstić information content (AvgIpc) is 3.35. The zero-order valence-corrected chi connectivity index (χ0v) is 17.4. The van der Waals surface area contributed by atoms with Crippen LogP contribution in [-0.4, -0.2) is 33.5 Å². The van der Waals surface area contributed by atoms with Crippen molar-refractivity contribution in [3.8, 4) is 0 Å². The highest BCUT2D eigenvalue weighted by Gasteiger charge is 2.29. The standard InChI is InChI=1S/C24H28N4O2/c1-2-28(24(29)22-12-17-6-3-4-9-21(17)26-22)20-8-5-7-18(13-20)25-15-19-14-23(30-27-19)16-10-11-16/h3-4,6-7,9,12,14,16,20,25-26H,2,5,8,10-11,13,15H2,1H3/t20-/m0/s1. The van der Waals surface area contributed by atoms with Crippen LogP contribution in [0.15, 0.2) is 52.7 Å². The number of aromatic nitrogens is 2. The number of para-hydroxylation sites is 1. The number of carbonyl (C=O) groups excluding carboxylic acids is 1. The Hall–Kier alpha value is -3.02. The van der Waals surface area contributed by atoms with Crippen LogP contribution in [0, 0.1) is 0 Å². The van der Waals surface area contributed by atoms with E-state index < -0.39 is 0 Å². The van der Waals surface area contributed by atoms with Crippen LogP contribution in [-0.2, 0) is 6.54 Å². The Labute approximate surface area is 176 Å². The van der Waals surface area contributed by atoms with E-state index in [1.165, 1.54) is 18.5 Å². The van der Waals surface area contributed by atoms with Crippen molar-refractivity contribution in [3.05, 3.63) is 65.3 Å². The van der Waals surface area contributed by atoms with Gasteiger partial charge < -0.3 is 19.7 Å². The number of H-pyrrole nitrogens is 1. The summed E-state index contributed by atoms with van der Waals surface area (Å²) in [7, 11) is 0. The second-order valence-corrected chi connectivity index (χ2v) is 8.37. The van der Waals surface area contributed by atoms with E-state index in [4.69, 9.17) is 4.52 Å². The van der Waals surface area contributed by atoms with E-state index in [1.54, 1.807) is 0 Å². The number of hydrogen-bond donors (Lipinski definition) is 2. The molecule has 0 spiro atoms. The smallest absolute Gasteiger partial charge is 0.270 e. The Morgan fingerprint density at radius 1 is 1.27 bits per heavy atom. The van der Waals surface area contributed by atoms with Crippen molar-refractivity contribution in [1.82, 2.24) is 20.4 Å². The molecule has 30 heavy (non-hydrogen) atoms. The zero-order valence-electron chi connectivity index (χ0n) is 17.4. The normalized spacial score (nSPS) is 19.0. The quantitative estimate of drug-likeness (QED) is 0.597. The van der Waals surface area contributed by atoms with E-state index in [0.29, 0.717) is 24.7 Å². The first-order valence-corrected chi connectivity index (χ1v) is 11.0. The zero-order chi connectivity index (χ0) is 20.5. The SMILES string of the molecule is CCN(C(=O)c1cc2ccccc2[nH]1)[C@H]1CCC=C(NCc2cc(C3CC3)on2)C1. The van der Waals surface area contributed by atoms with Gasteiger partial charge in [0.2, 0.25) is 0 Å². The summed E-state index contributed by atoms with van der Waals surface area (Å²) in [6, 6.07) is 12.2. The van der Waals surface area contributed by atoms with E-state index in [9.17, 15) is 4.79 Å². The Balaban J connectivity index is 1.23. The molecule has 1 fully saturated rings. The lowest BCUT2D eigenvalue weighted by Crippen LogP contribution is -2.42. The largest absolute Gasteiger partial charge is 0.383 e. The maximum absolute atomic E-state index is 13.2. The van der Waals surface area contributed by atoms with Crippen molar-refractivity contribution in [2.24, 2.45) is 0 Å². The molecule has 1 saturated carbocycles. The van der Waals surface area contributed by atoms with E-state index in [1.807, 2.05) is 35.2 Å². The van der Waals surface area contributed by atoms with Gasteiger partial charge in [0.05, 0.1) is 6.54 Å². The van der Waals surface area contributed by atoms with E-state index in [-0.39, 0.29) is 11.9 Å². The van der Waals surface area contributed by atoms with E-state index in [0.717, 1.165) is 41.6 Å². The predicted octanol–water partition coefficient (Wildman–Crippen LogP) is 4.72. The fraction of sp³-hybridized carbons (Fsp3) is 0.417. The first kappa shape index (κ1) is 19.0. The number of nitrogens with zero attached hydrogens (tertiary/aromatic N) is 2. The van der Waals surface area contributed by atoms with Gasteiger partial charge in [0, 0.05) is 47.6 Å². The number of nitrogens with one attached hydrogen (secondary N) is 2. The van der Waals surface area contributed by atoms with Crippen molar-refractivity contribution in [3.63, 3.8) is 0 Å². The van der Waals surface area contributed by atoms with Gasteiger partial charge in [0.25, 0.3) is 5.91 Å². The molecule has 0 unspecified atom stereocenters. The van der Waals surface area contributed by atoms with Crippen LogP contribution in [0.2, 0.25) is 0 Å². The van der Waals surface area contributed by atoms with Gasteiger partial charge in [0.1, 0.15) is 17.1 Å². The molecule has 3 aromatic rings. The highest BCUT2D eigenvalue weighted by atomic mass is 16.5. The van der Waals surface area contributed by atoms with Crippen LogP contribution < -0.4 is 5.32 Å². The second-order valence-electron chi connectivity index (χ2n) is 8.37. The first-order chi connectivity index (χ1) is 14.7. The lowest BCUT2D eigenvalue weighted by Gasteiger charge is -2.33. The molecule has 2 aromatic heterocycles. The Kier molecular flexibility index (Phi) is 5.07. The molecule has 2 aliphatic rings. The molecule has 6 nitrogen and oxygen atoms in total. The van der Waals surface area contributed by atoms with Crippen molar-refractivity contribution in [1.29, 1.82) is 0 Å². The molecule has 2 aliphatic carbocycles. The van der Waals surface area contributed by atoms with Crippen LogP contribution in [0.4, 0.5) is 0 Å². The molecule has 6 heteroatoms. The molecule has 1 aromatic carbocycles. The molecule has 1 amide bonds. The summed E-state index contributed by atoms with van der Waals surface area (Å²) in [4.78, 5) is 18.5. The maximum Gasteiger partial charge on any atom is 0.270 e. The molecular formula is C24H28N4O2. The minimum atomic E-state index is 0.0746. The number of benzene rings is 1. The number of amides is 1. The molecule has 0 bridgehead atoms. The van der Waals surface area contributed by atoms with Gasteiger partial charge in [0.15, 0.2) is 0 Å². The summed E-state index contributed by atoms with van der Waals surface area (Å²) in [5, 5.41) is 8.77. The lowest BCUT2D eigenvalue weighted by atomic mass is 9.97. The van der Waals surface area contributed by atoms with Gasteiger partial charge in [-0.1, -0.05) is 29.4 Å². The topological polar surface area (TPSA) is 74.2 Å². The van der Waals surface area contributed by atoms with Crippen LogP contribution >= 0.6 is 0 Å². The van der Waals surface area contributed by atoms with Gasteiger partial charge >= 0.3 is 0 Å². The van der Waals surface area contributed by atoms with Crippen molar-refractivity contribution in [2.75, 3.05) is 6.54 Å². The highest BCUT2D eigenvalue weighted by molar-refractivity contribution is 5.98. The molecule has 2 N–H and O–H groups in total. The Bertz CT molecular complexity index is 1040. The molecule has 0 radical (unpaired) electrons. The van der Waals surface area contributed by atoms with Crippen molar-refractivity contribution >= 4 is 16.8 Å². The molecule has 5 rings (SSSR count). The number of allylic oxidation sites excluding steroid dienone is 1. The maximum atomic E-state index is 13.2. The third kappa shape index (κ3) is 3.86. The third-order valence-corrected chi connectivity index (χ3v) is 6.20.